The van der Waals surface area contributed by atoms with E-state index >= 15 is 0 Å². The van der Waals surface area contributed by atoms with Crippen LogP contribution in [0.2, 0.25) is 0 Å². The third kappa shape index (κ3) is 3.96. The minimum absolute atomic E-state index is 0.0726. The largest absolute Gasteiger partial charge is 0.465 e. The number of nitrogens with zero attached hydrogens (tertiary/aromatic N) is 2. The van der Waals surface area contributed by atoms with Gasteiger partial charge in [0, 0.05) is 24.1 Å². The van der Waals surface area contributed by atoms with E-state index in [2.05, 4.69) is 16.4 Å². The summed E-state index contributed by atoms with van der Waals surface area (Å²) in [5.74, 6) is -0.476. The number of anilines is 3. The zero-order chi connectivity index (χ0) is 20.2. The Morgan fingerprint density at radius 1 is 1.00 bits per heavy atom. The van der Waals surface area contributed by atoms with Gasteiger partial charge in [-0.2, -0.15) is 0 Å². The van der Waals surface area contributed by atoms with Crippen molar-refractivity contribution in [2.45, 2.75) is 12.8 Å². The van der Waals surface area contributed by atoms with Crippen LogP contribution in [0.4, 0.5) is 17.1 Å². The fourth-order valence-electron chi connectivity index (χ4n) is 3.53. The van der Waals surface area contributed by atoms with Gasteiger partial charge in [0.2, 0.25) is 0 Å². The van der Waals surface area contributed by atoms with Crippen molar-refractivity contribution in [3.8, 4) is 0 Å². The fraction of sp³-hybridized carbons (Fsp3) is 0.174. The highest BCUT2D eigenvalue weighted by Gasteiger charge is 2.23. The van der Waals surface area contributed by atoms with Gasteiger partial charge in [-0.3, -0.25) is 9.78 Å². The number of ether oxygens (including phenoxy) is 1. The number of aryl methyl sites for hydroxylation is 1. The van der Waals surface area contributed by atoms with Crippen LogP contribution in [0.3, 0.4) is 0 Å². The number of hydrogen-bond donors (Lipinski definition) is 1. The first-order valence-electron chi connectivity index (χ1n) is 9.46. The molecule has 0 unspecified atom stereocenters. The van der Waals surface area contributed by atoms with Crippen molar-refractivity contribution in [1.29, 1.82) is 0 Å². The molecule has 0 radical (unpaired) electrons. The average Bonchev–Trinajstić information content (AvgIpc) is 2.78. The van der Waals surface area contributed by atoms with Crippen LogP contribution < -0.4 is 10.2 Å². The summed E-state index contributed by atoms with van der Waals surface area (Å²) in [6.07, 6.45) is 5.14. The fourth-order valence-corrected chi connectivity index (χ4v) is 3.53. The Hall–Kier alpha value is -3.67. The van der Waals surface area contributed by atoms with Crippen molar-refractivity contribution in [2.75, 3.05) is 23.9 Å². The molecule has 6 heteroatoms. The minimum atomic E-state index is -0.403. The lowest BCUT2D eigenvalue weighted by molar-refractivity contribution is 0.0600. The van der Waals surface area contributed by atoms with Crippen LogP contribution in [0.5, 0.6) is 0 Å². The van der Waals surface area contributed by atoms with Gasteiger partial charge >= 0.3 is 5.97 Å². The molecule has 2 aromatic carbocycles. The summed E-state index contributed by atoms with van der Waals surface area (Å²) in [6, 6.07) is 16.8. The van der Waals surface area contributed by atoms with E-state index in [9.17, 15) is 9.59 Å². The van der Waals surface area contributed by atoms with Gasteiger partial charge in [0.15, 0.2) is 0 Å². The molecule has 0 saturated carbocycles. The molecule has 1 aliphatic rings. The van der Waals surface area contributed by atoms with Crippen LogP contribution in [-0.2, 0) is 11.2 Å². The Balaban J connectivity index is 1.57. The number of pyridine rings is 1. The summed E-state index contributed by atoms with van der Waals surface area (Å²) in [5.41, 5.74) is 4.49. The van der Waals surface area contributed by atoms with Crippen molar-refractivity contribution < 1.29 is 14.3 Å². The van der Waals surface area contributed by atoms with E-state index < -0.39 is 5.97 Å². The van der Waals surface area contributed by atoms with E-state index in [1.165, 1.54) is 12.7 Å². The maximum atomic E-state index is 13.1. The van der Waals surface area contributed by atoms with Gasteiger partial charge in [-0.1, -0.05) is 24.3 Å². The van der Waals surface area contributed by atoms with E-state index in [0.717, 1.165) is 18.5 Å². The molecule has 0 aliphatic carbocycles. The standard InChI is InChI=1S/C23H21N3O3/c1-29-23(28)17-7-4-9-19(12-17)25-20-13-18(14-24-15-20)22(27)26-11-5-8-16-6-2-3-10-21(16)26/h2-4,6-7,9-10,12-15,25H,5,8,11H2,1H3. The van der Waals surface area contributed by atoms with E-state index in [1.807, 2.05) is 29.2 Å². The third-order valence-electron chi connectivity index (χ3n) is 4.91. The molecule has 4 rings (SSSR count). The summed E-state index contributed by atoms with van der Waals surface area (Å²) in [6.45, 7) is 0.689. The average molecular weight is 387 g/mol. The molecule has 0 spiro atoms. The number of aromatic nitrogens is 1. The molecule has 0 fully saturated rings. The molecule has 3 aromatic rings. The Labute approximate surface area is 169 Å². The number of nitrogens with one attached hydrogen (secondary N) is 1. The number of fused-ring (bicyclic) bond motifs is 1. The summed E-state index contributed by atoms with van der Waals surface area (Å²) in [4.78, 5) is 30.9. The van der Waals surface area contributed by atoms with Crippen LogP contribution in [0.25, 0.3) is 0 Å². The highest BCUT2D eigenvalue weighted by atomic mass is 16.5. The smallest absolute Gasteiger partial charge is 0.337 e. The lowest BCUT2D eigenvalue weighted by Gasteiger charge is -2.29. The Bertz CT molecular complexity index is 1060. The molecule has 0 bridgehead atoms. The second-order valence-corrected chi connectivity index (χ2v) is 6.85. The van der Waals surface area contributed by atoms with Gasteiger partial charge in [0.25, 0.3) is 5.91 Å². The van der Waals surface area contributed by atoms with Crippen molar-refractivity contribution in [2.24, 2.45) is 0 Å². The summed E-state index contributed by atoms with van der Waals surface area (Å²) >= 11 is 0. The molecule has 1 aliphatic heterocycles. The minimum Gasteiger partial charge on any atom is -0.465 e. The number of esters is 1. The normalized spacial score (nSPS) is 12.8. The number of methoxy groups -OCH3 is 1. The predicted octanol–water partition coefficient (Wildman–Crippen LogP) is 4.20. The van der Waals surface area contributed by atoms with Crippen LogP contribution in [-0.4, -0.2) is 30.5 Å². The van der Waals surface area contributed by atoms with Gasteiger partial charge in [-0.25, -0.2) is 4.79 Å². The molecule has 2 heterocycles. The maximum Gasteiger partial charge on any atom is 0.337 e. The first kappa shape index (κ1) is 18.7. The van der Waals surface area contributed by atoms with Gasteiger partial charge in [0.1, 0.15) is 0 Å². The van der Waals surface area contributed by atoms with Crippen molar-refractivity contribution >= 4 is 28.9 Å². The van der Waals surface area contributed by atoms with E-state index in [4.69, 9.17) is 4.74 Å². The van der Waals surface area contributed by atoms with Crippen LogP contribution in [0.15, 0.2) is 67.0 Å². The van der Waals surface area contributed by atoms with Gasteiger partial charge in [-0.15, -0.1) is 0 Å². The second-order valence-electron chi connectivity index (χ2n) is 6.85. The van der Waals surface area contributed by atoms with Gasteiger partial charge < -0.3 is 15.0 Å². The molecule has 1 amide bonds. The van der Waals surface area contributed by atoms with Gasteiger partial charge in [0.05, 0.1) is 30.1 Å². The monoisotopic (exact) mass is 387 g/mol. The zero-order valence-corrected chi connectivity index (χ0v) is 16.1. The molecule has 29 heavy (non-hydrogen) atoms. The quantitative estimate of drug-likeness (QED) is 0.679. The molecule has 146 valence electrons. The number of carbonyl (C=O) groups is 2. The van der Waals surface area contributed by atoms with Crippen molar-refractivity contribution in [3.05, 3.63) is 83.7 Å². The Kier molecular flexibility index (Phi) is 5.24. The second kappa shape index (κ2) is 8.14. The molecule has 1 aromatic heterocycles. The lowest BCUT2D eigenvalue weighted by Crippen LogP contribution is -2.35. The molecule has 6 nitrogen and oxygen atoms in total. The van der Waals surface area contributed by atoms with Crippen molar-refractivity contribution in [3.63, 3.8) is 0 Å². The molecular weight excluding hydrogens is 366 g/mol. The molecule has 0 saturated heterocycles. The number of carbonyl (C=O) groups excluding carboxylic acids is 2. The lowest BCUT2D eigenvalue weighted by atomic mass is 10.0. The molecule has 0 atom stereocenters. The van der Waals surface area contributed by atoms with Crippen LogP contribution in [0.1, 0.15) is 32.7 Å². The number of amides is 1. The third-order valence-corrected chi connectivity index (χ3v) is 4.91. The van der Waals surface area contributed by atoms with Crippen molar-refractivity contribution in [1.82, 2.24) is 4.98 Å². The van der Waals surface area contributed by atoms with E-state index in [1.54, 1.807) is 36.7 Å². The van der Waals surface area contributed by atoms with E-state index in [0.29, 0.717) is 29.0 Å². The maximum absolute atomic E-state index is 13.1. The summed E-state index contributed by atoms with van der Waals surface area (Å²) in [7, 11) is 1.35. The van der Waals surface area contributed by atoms with Gasteiger partial charge in [-0.05, 0) is 48.7 Å². The van der Waals surface area contributed by atoms with Crippen LogP contribution >= 0.6 is 0 Å². The molecular formula is C23H21N3O3. The highest BCUT2D eigenvalue weighted by Crippen LogP contribution is 2.28. The van der Waals surface area contributed by atoms with E-state index in [-0.39, 0.29) is 5.91 Å². The topological polar surface area (TPSA) is 71.5 Å². The number of benzene rings is 2. The first-order valence-corrected chi connectivity index (χ1v) is 9.46. The number of hydrogen-bond acceptors (Lipinski definition) is 5. The number of rotatable bonds is 4. The van der Waals surface area contributed by atoms with Crippen LogP contribution in [0, 0.1) is 0 Å². The summed E-state index contributed by atoms with van der Waals surface area (Å²) < 4.78 is 4.76. The highest BCUT2D eigenvalue weighted by molar-refractivity contribution is 6.07. The Morgan fingerprint density at radius 3 is 2.69 bits per heavy atom. The summed E-state index contributed by atoms with van der Waals surface area (Å²) in [5, 5.41) is 3.20. The predicted molar refractivity (Wildman–Crippen MR) is 112 cm³/mol. The first-order chi connectivity index (χ1) is 14.2. The molecule has 1 N–H and O–H groups in total. The Morgan fingerprint density at radius 2 is 1.83 bits per heavy atom. The SMILES string of the molecule is COC(=O)c1cccc(Nc2cncc(C(=O)N3CCCc4ccccc43)c2)c1. The number of para-hydroxylation sites is 1. The zero-order valence-electron chi connectivity index (χ0n) is 16.1.